The van der Waals surface area contributed by atoms with Crippen molar-refractivity contribution in [2.45, 2.75) is 83.7 Å². The molecule has 3 rings (SSSR count). The van der Waals surface area contributed by atoms with E-state index in [9.17, 15) is 13.2 Å². The fourth-order valence-electron chi connectivity index (χ4n) is 5.38. The van der Waals surface area contributed by atoms with Gasteiger partial charge in [-0.1, -0.05) is 40.7 Å². The van der Waals surface area contributed by atoms with Crippen molar-refractivity contribution in [3.63, 3.8) is 0 Å². The Morgan fingerprint density at radius 2 is 1.89 bits per heavy atom. The Balaban J connectivity index is 1.86. The summed E-state index contributed by atoms with van der Waals surface area (Å²) in [5.74, 6) is -0.209. The minimum atomic E-state index is -3.62. The average Bonchev–Trinajstić information content (AvgIpc) is 2.89. The molecule has 1 aromatic rings. The van der Waals surface area contributed by atoms with Gasteiger partial charge in [0.15, 0.2) is 0 Å². The molecule has 1 N–H and O–H groups in total. The molecule has 2 bridgehead atoms. The number of carbonyl (C=O) groups excluding carboxylic acids is 1. The van der Waals surface area contributed by atoms with Crippen molar-refractivity contribution >= 4 is 15.9 Å². The molecule has 0 unspecified atom stereocenters. The molecule has 6 heteroatoms. The summed E-state index contributed by atoms with van der Waals surface area (Å²) in [6, 6.07) is 6.64. The van der Waals surface area contributed by atoms with Gasteiger partial charge in [0.25, 0.3) is 5.91 Å². The zero-order chi connectivity index (χ0) is 20.7. The van der Waals surface area contributed by atoms with Crippen LogP contribution in [-0.4, -0.2) is 37.3 Å². The smallest absolute Gasteiger partial charge is 0.251 e. The molecule has 156 valence electrons. The molecule has 0 aromatic heterocycles. The molecule has 1 aliphatic heterocycles. The number of fused-ring (bicyclic) bond motifs is 2. The van der Waals surface area contributed by atoms with Crippen LogP contribution in [0.4, 0.5) is 0 Å². The van der Waals surface area contributed by atoms with Crippen molar-refractivity contribution < 1.29 is 13.2 Å². The largest absolute Gasteiger partial charge is 0.349 e. The molecule has 0 spiro atoms. The normalized spacial score (nSPS) is 27.1. The van der Waals surface area contributed by atoms with Crippen LogP contribution < -0.4 is 5.32 Å². The van der Waals surface area contributed by atoms with E-state index in [0.29, 0.717) is 12.1 Å². The molecule has 2 aliphatic rings. The number of sulfonamides is 1. The molecule has 1 saturated carbocycles. The highest BCUT2D eigenvalue weighted by Gasteiger charge is 2.53. The molecule has 1 amide bonds. The third-order valence-corrected chi connectivity index (χ3v) is 8.28. The van der Waals surface area contributed by atoms with Crippen LogP contribution in [0.2, 0.25) is 0 Å². The van der Waals surface area contributed by atoms with E-state index in [1.807, 2.05) is 13.8 Å². The molecule has 1 aromatic carbocycles. The van der Waals surface area contributed by atoms with Gasteiger partial charge < -0.3 is 5.32 Å². The lowest BCUT2D eigenvalue weighted by atomic mass is 9.65. The minimum Gasteiger partial charge on any atom is -0.349 e. The van der Waals surface area contributed by atoms with Gasteiger partial charge in [-0.2, -0.15) is 4.31 Å². The zero-order valence-electron chi connectivity index (χ0n) is 17.8. The Hall–Kier alpha value is -1.40. The lowest BCUT2D eigenvalue weighted by Gasteiger charge is -2.39. The van der Waals surface area contributed by atoms with Gasteiger partial charge in [-0.05, 0) is 61.1 Å². The second-order valence-electron chi connectivity index (χ2n) is 9.78. The van der Waals surface area contributed by atoms with Crippen LogP contribution in [0.5, 0.6) is 0 Å². The SMILES string of the molecule is CCC(CC)NC(=O)c1cccc(S(=O)(=O)N2C[C@@]3(C)C[C@@H]2CC(C)(C)C3)c1. The lowest BCUT2D eigenvalue weighted by Crippen LogP contribution is -2.38. The summed E-state index contributed by atoms with van der Waals surface area (Å²) in [5.41, 5.74) is 0.588. The molecule has 1 aliphatic carbocycles. The number of nitrogens with zero attached hydrogens (tertiary/aromatic N) is 1. The van der Waals surface area contributed by atoms with Gasteiger partial charge in [-0.3, -0.25) is 4.79 Å². The van der Waals surface area contributed by atoms with E-state index in [4.69, 9.17) is 0 Å². The van der Waals surface area contributed by atoms with E-state index in [2.05, 4.69) is 26.1 Å². The summed E-state index contributed by atoms with van der Waals surface area (Å²) in [4.78, 5) is 12.8. The first kappa shape index (κ1) is 21.3. The quantitative estimate of drug-likeness (QED) is 0.770. The molecule has 0 radical (unpaired) electrons. The second-order valence-corrected chi connectivity index (χ2v) is 11.7. The fraction of sp³-hybridized carbons (Fsp3) is 0.682. The first-order valence-corrected chi connectivity index (χ1v) is 11.9. The molecule has 5 nitrogen and oxygen atoms in total. The Kier molecular flexibility index (Phi) is 5.67. The molecular formula is C22H34N2O3S. The van der Waals surface area contributed by atoms with Crippen LogP contribution in [0.1, 0.15) is 77.1 Å². The van der Waals surface area contributed by atoms with E-state index in [1.165, 1.54) is 6.07 Å². The number of amides is 1. The van der Waals surface area contributed by atoms with Crippen LogP contribution in [0.3, 0.4) is 0 Å². The highest BCUT2D eigenvalue weighted by molar-refractivity contribution is 7.89. The van der Waals surface area contributed by atoms with Crippen LogP contribution >= 0.6 is 0 Å². The summed E-state index contributed by atoms with van der Waals surface area (Å²) in [6.07, 6.45) is 4.55. The highest BCUT2D eigenvalue weighted by Crippen LogP contribution is 2.53. The molecular weight excluding hydrogens is 372 g/mol. The summed E-state index contributed by atoms with van der Waals surface area (Å²) in [7, 11) is -3.62. The third kappa shape index (κ3) is 4.13. The Labute approximate surface area is 169 Å². The maximum atomic E-state index is 13.4. The molecule has 2 atom stereocenters. The predicted octanol–water partition coefficient (Wildman–Crippen LogP) is 4.19. The Bertz CT molecular complexity index is 845. The number of nitrogens with one attached hydrogen (secondary N) is 1. The number of hydrogen-bond acceptors (Lipinski definition) is 3. The third-order valence-electron chi connectivity index (χ3n) is 6.39. The van der Waals surface area contributed by atoms with E-state index in [0.717, 1.165) is 32.1 Å². The van der Waals surface area contributed by atoms with Gasteiger partial charge >= 0.3 is 0 Å². The summed E-state index contributed by atoms with van der Waals surface area (Å²) < 4.78 is 28.6. The Morgan fingerprint density at radius 3 is 2.54 bits per heavy atom. The van der Waals surface area contributed by atoms with E-state index in [1.54, 1.807) is 22.5 Å². The molecule has 28 heavy (non-hydrogen) atoms. The predicted molar refractivity (Wildman–Crippen MR) is 112 cm³/mol. The molecule has 2 fully saturated rings. The minimum absolute atomic E-state index is 0.0317. The maximum absolute atomic E-state index is 13.4. The van der Waals surface area contributed by atoms with Crippen LogP contribution in [-0.2, 0) is 10.0 Å². The number of hydrogen-bond donors (Lipinski definition) is 1. The van der Waals surface area contributed by atoms with Crippen LogP contribution in [0.25, 0.3) is 0 Å². The van der Waals surface area contributed by atoms with Crippen molar-refractivity contribution in [2.75, 3.05) is 6.54 Å². The summed E-state index contributed by atoms with van der Waals surface area (Å²) in [6.45, 7) is 11.3. The topological polar surface area (TPSA) is 66.5 Å². The first-order chi connectivity index (χ1) is 13.0. The van der Waals surface area contributed by atoms with Gasteiger partial charge in [0.1, 0.15) is 0 Å². The Morgan fingerprint density at radius 1 is 1.21 bits per heavy atom. The standard InChI is InChI=1S/C22H34N2O3S/c1-6-17(7-2)23-20(25)16-9-8-10-19(11-16)28(26,27)24-15-22(5)13-18(24)12-21(3,4)14-22/h8-11,17-18H,6-7,12-15H2,1-5H3,(H,23,25)/t18-,22-/m0/s1. The van der Waals surface area contributed by atoms with Crippen LogP contribution in [0, 0.1) is 10.8 Å². The fourth-order valence-corrected chi connectivity index (χ4v) is 7.20. The van der Waals surface area contributed by atoms with Crippen LogP contribution in [0.15, 0.2) is 29.2 Å². The molecule has 1 heterocycles. The van der Waals surface area contributed by atoms with E-state index >= 15 is 0 Å². The van der Waals surface area contributed by atoms with E-state index in [-0.39, 0.29) is 33.7 Å². The number of rotatable bonds is 6. The number of benzene rings is 1. The second kappa shape index (κ2) is 7.45. The van der Waals surface area contributed by atoms with Gasteiger partial charge in [0.05, 0.1) is 4.90 Å². The zero-order valence-corrected chi connectivity index (χ0v) is 18.6. The van der Waals surface area contributed by atoms with Crippen molar-refractivity contribution in [3.05, 3.63) is 29.8 Å². The molecule has 1 saturated heterocycles. The van der Waals surface area contributed by atoms with Gasteiger partial charge in [0, 0.05) is 24.2 Å². The van der Waals surface area contributed by atoms with Crippen molar-refractivity contribution in [1.29, 1.82) is 0 Å². The summed E-state index contributed by atoms with van der Waals surface area (Å²) >= 11 is 0. The lowest BCUT2D eigenvalue weighted by molar-refractivity contribution is 0.0934. The number of carbonyl (C=O) groups is 1. The van der Waals surface area contributed by atoms with Gasteiger partial charge in [0.2, 0.25) is 10.0 Å². The van der Waals surface area contributed by atoms with Gasteiger partial charge in [-0.25, -0.2) is 8.42 Å². The van der Waals surface area contributed by atoms with Gasteiger partial charge in [-0.15, -0.1) is 0 Å². The summed E-state index contributed by atoms with van der Waals surface area (Å²) in [5, 5.41) is 2.99. The van der Waals surface area contributed by atoms with E-state index < -0.39 is 10.0 Å². The van der Waals surface area contributed by atoms with Crippen molar-refractivity contribution in [2.24, 2.45) is 10.8 Å². The average molecular weight is 407 g/mol. The van der Waals surface area contributed by atoms with Crippen molar-refractivity contribution in [3.8, 4) is 0 Å². The monoisotopic (exact) mass is 406 g/mol. The highest BCUT2D eigenvalue weighted by atomic mass is 32.2. The first-order valence-electron chi connectivity index (χ1n) is 10.4. The maximum Gasteiger partial charge on any atom is 0.251 e. The van der Waals surface area contributed by atoms with Crippen molar-refractivity contribution in [1.82, 2.24) is 9.62 Å².